The van der Waals surface area contributed by atoms with Crippen LogP contribution in [0.5, 0.6) is 0 Å². The lowest BCUT2D eigenvalue weighted by Crippen LogP contribution is -2.45. The van der Waals surface area contributed by atoms with Gasteiger partial charge in [-0.2, -0.15) is 0 Å². The van der Waals surface area contributed by atoms with Crippen LogP contribution in [0.4, 0.5) is 0 Å². The van der Waals surface area contributed by atoms with Gasteiger partial charge in [-0.05, 0) is 18.8 Å². The van der Waals surface area contributed by atoms with E-state index in [2.05, 4.69) is 6.92 Å². The lowest BCUT2D eigenvalue weighted by Gasteiger charge is -2.31. The van der Waals surface area contributed by atoms with Crippen LogP contribution in [0.1, 0.15) is 26.2 Å². The number of amides is 1. The van der Waals surface area contributed by atoms with Crippen LogP contribution in [0, 0.1) is 11.8 Å². The molecule has 0 aromatic carbocycles. The highest BCUT2D eigenvalue weighted by molar-refractivity contribution is 5.77. The third kappa shape index (κ3) is 1.71. The van der Waals surface area contributed by atoms with E-state index in [1.165, 1.54) is 0 Å². The SMILES string of the molecule is CC1CCCC(C(N)=O)C1N. The zero-order valence-electron chi connectivity index (χ0n) is 6.92. The van der Waals surface area contributed by atoms with E-state index < -0.39 is 0 Å². The van der Waals surface area contributed by atoms with Crippen LogP contribution in [0.15, 0.2) is 0 Å². The highest BCUT2D eigenvalue weighted by Gasteiger charge is 2.30. The Balaban J connectivity index is 2.58. The maximum Gasteiger partial charge on any atom is 0.222 e. The molecule has 3 nitrogen and oxygen atoms in total. The van der Waals surface area contributed by atoms with Gasteiger partial charge < -0.3 is 11.5 Å². The standard InChI is InChI=1S/C8H16N2O/c1-5-3-2-4-6(7(5)9)8(10)11/h5-7H,2-4,9H2,1H3,(H2,10,11). The van der Waals surface area contributed by atoms with E-state index in [9.17, 15) is 4.79 Å². The average molecular weight is 156 g/mol. The van der Waals surface area contributed by atoms with Gasteiger partial charge >= 0.3 is 0 Å². The van der Waals surface area contributed by atoms with Crippen molar-refractivity contribution in [3.8, 4) is 0 Å². The molecule has 3 atom stereocenters. The molecule has 4 N–H and O–H groups in total. The largest absolute Gasteiger partial charge is 0.369 e. The number of hydrogen-bond acceptors (Lipinski definition) is 2. The molecule has 64 valence electrons. The van der Waals surface area contributed by atoms with Crippen molar-refractivity contribution in [1.29, 1.82) is 0 Å². The van der Waals surface area contributed by atoms with Crippen LogP contribution in [-0.4, -0.2) is 11.9 Å². The summed E-state index contributed by atoms with van der Waals surface area (Å²) in [6.45, 7) is 2.08. The summed E-state index contributed by atoms with van der Waals surface area (Å²) in [5.41, 5.74) is 11.0. The van der Waals surface area contributed by atoms with E-state index in [1.807, 2.05) is 0 Å². The minimum absolute atomic E-state index is 0.0127. The van der Waals surface area contributed by atoms with E-state index in [1.54, 1.807) is 0 Å². The van der Waals surface area contributed by atoms with Crippen LogP contribution < -0.4 is 11.5 Å². The summed E-state index contributed by atoms with van der Waals surface area (Å²) in [6.07, 6.45) is 3.09. The number of carbonyl (C=O) groups is 1. The molecule has 1 rings (SSSR count). The van der Waals surface area contributed by atoms with Crippen LogP contribution in [0.25, 0.3) is 0 Å². The molecule has 0 radical (unpaired) electrons. The lowest BCUT2D eigenvalue weighted by atomic mass is 9.78. The van der Waals surface area contributed by atoms with Crippen LogP contribution in [0.2, 0.25) is 0 Å². The first-order chi connectivity index (χ1) is 5.13. The van der Waals surface area contributed by atoms with Gasteiger partial charge in [0.05, 0.1) is 5.92 Å². The topological polar surface area (TPSA) is 69.1 Å². The molecule has 1 aliphatic carbocycles. The number of hydrogen-bond donors (Lipinski definition) is 2. The first-order valence-electron chi connectivity index (χ1n) is 4.18. The van der Waals surface area contributed by atoms with E-state index in [0.717, 1.165) is 19.3 Å². The molecule has 1 aliphatic rings. The minimum Gasteiger partial charge on any atom is -0.369 e. The first kappa shape index (κ1) is 8.53. The van der Waals surface area contributed by atoms with Gasteiger partial charge in [-0.1, -0.05) is 13.3 Å². The Kier molecular flexibility index (Phi) is 2.49. The normalized spacial score (nSPS) is 38.5. The van der Waals surface area contributed by atoms with Gasteiger partial charge in [-0.3, -0.25) is 4.79 Å². The van der Waals surface area contributed by atoms with Gasteiger partial charge in [0.25, 0.3) is 0 Å². The molecule has 1 saturated carbocycles. The van der Waals surface area contributed by atoms with Gasteiger partial charge in [0.2, 0.25) is 5.91 Å². The Morgan fingerprint density at radius 3 is 2.55 bits per heavy atom. The molecule has 11 heavy (non-hydrogen) atoms. The summed E-state index contributed by atoms with van der Waals surface area (Å²) < 4.78 is 0. The van der Waals surface area contributed by atoms with Crippen molar-refractivity contribution in [2.24, 2.45) is 23.3 Å². The zero-order valence-corrected chi connectivity index (χ0v) is 6.92. The monoisotopic (exact) mass is 156 g/mol. The second kappa shape index (κ2) is 3.22. The smallest absolute Gasteiger partial charge is 0.222 e. The van der Waals surface area contributed by atoms with Gasteiger partial charge in [-0.15, -0.1) is 0 Å². The molecule has 0 aromatic heterocycles. The first-order valence-corrected chi connectivity index (χ1v) is 4.18. The summed E-state index contributed by atoms with van der Waals surface area (Å²) in [5.74, 6) is 0.129. The van der Waals surface area contributed by atoms with Crippen LogP contribution in [-0.2, 0) is 4.79 Å². The minimum atomic E-state index is -0.232. The molecule has 0 bridgehead atoms. The van der Waals surface area contributed by atoms with E-state index in [-0.39, 0.29) is 17.9 Å². The molecular weight excluding hydrogens is 140 g/mol. The van der Waals surface area contributed by atoms with Crippen LogP contribution in [0.3, 0.4) is 0 Å². The zero-order chi connectivity index (χ0) is 8.43. The summed E-state index contributed by atoms with van der Waals surface area (Å²) in [5, 5.41) is 0. The summed E-state index contributed by atoms with van der Waals surface area (Å²) in [6, 6.07) is -0.0127. The fourth-order valence-corrected chi connectivity index (χ4v) is 1.77. The average Bonchev–Trinajstić information content (AvgIpc) is 1.94. The van der Waals surface area contributed by atoms with Crippen molar-refractivity contribution in [1.82, 2.24) is 0 Å². The third-order valence-corrected chi connectivity index (χ3v) is 2.66. The van der Waals surface area contributed by atoms with E-state index in [4.69, 9.17) is 11.5 Å². The van der Waals surface area contributed by atoms with E-state index in [0.29, 0.717) is 5.92 Å². The van der Waals surface area contributed by atoms with Crippen LogP contribution >= 0.6 is 0 Å². The van der Waals surface area contributed by atoms with Gasteiger partial charge in [0, 0.05) is 6.04 Å². The Morgan fingerprint density at radius 1 is 1.45 bits per heavy atom. The van der Waals surface area contributed by atoms with E-state index >= 15 is 0 Å². The van der Waals surface area contributed by atoms with Crippen molar-refractivity contribution in [2.45, 2.75) is 32.2 Å². The van der Waals surface area contributed by atoms with Crippen molar-refractivity contribution in [3.05, 3.63) is 0 Å². The van der Waals surface area contributed by atoms with Gasteiger partial charge in [-0.25, -0.2) is 0 Å². The van der Waals surface area contributed by atoms with Crippen molar-refractivity contribution in [2.75, 3.05) is 0 Å². The molecule has 0 aliphatic heterocycles. The Morgan fingerprint density at radius 2 is 2.09 bits per heavy atom. The Hall–Kier alpha value is -0.570. The second-order valence-corrected chi connectivity index (χ2v) is 3.49. The molecule has 0 heterocycles. The number of nitrogens with two attached hydrogens (primary N) is 2. The molecule has 3 heteroatoms. The Labute approximate surface area is 67.1 Å². The number of primary amides is 1. The second-order valence-electron chi connectivity index (χ2n) is 3.49. The van der Waals surface area contributed by atoms with Gasteiger partial charge in [0.1, 0.15) is 0 Å². The van der Waals surface area contributed by atoms with Crippen molar-refractivity contribution >= 4 is 5.91 Å². The molecule has 1 fully saturated rings. The molecule has 0 saturated heterocycles. The molecule has 0 aromatic rings. The Bertz CT molecular complexity index is 158. The van der Waals surface area contributed by atoms with Crippen molar-refractivity contribution < 1.29 is 4.79 Å². The predicted octanol–water partition coefficient (Wildman–Crippen LogP) is 0.235. The highest BCUT2D eigenvalue weighted by atomic mass is 16.1. The lowest BCUT2D eigenvalue weighted by molar-refractivity contribution is -0.123. The molecule has 3 unspecified atom stereocenters. The molecular formula is C8H16N2O. The molecule has 1 amide bonds. The maximum absolute atomic E-state index is 10.9. The summed E-state index contributed by atoms with van der Waals surface area (Å²) >= 11 is 0. The molecule has 0 spiro atoms. The van der Waals surface area contributed by atoms with Crippen molar-refractivity contribution in [3.63, 3.8) is 0 Å². The van der Waals surface area contributed by atoms with Gasteiger partial charge in [0.15, 0.2) is 0 Å². The third-order valence-electron chi connectivity index (χ3n) is 2.66. The fourth-order valence-electron chi connectivity index (χ4n) is 1.77. The number of carbonyl (C=O) groups excluding carboxylic acids is 1. The maximum atomic E-state index is 10.9. The summed E-state index contributed by atoms with van der Waals surface area (Å²) in [7, 11) is 0. The predicted molar refractivity (Wildman–Crippen MR) is 43.7 cm³/mol. The number of rotatable bonds is 1. The summed E-state index contributed by atoms with van der Waals surface area (Å²) in [4.78, 5) is 10.9. The highest BCUT2D eigenvalue weighted by Crippen LogP contribution is 2.27. The fraction of sp³-hybridized carbons (Fsp3) is 0.875. The quantitative estimate of drug-likeness (QED) is 0.570.